The highest BCUT2D eigenvalue weighted by Crippen LogP contribution is 2.21. The van der Waals surface area contributed by atoms with E-state index in [1.807, 2.05) is 0 Å². The molecule has 0 bridgehead atoms. The van der Waals surface area contributed by atoms with E-state index in [1.54, 1.807) is 0 Å². The molecule has 2 heteroatoms. The molecule has 0 spiro atoms. The summed E-state index contributed by atoms with van der Waals surface area (Å²) in [7, 11) is 0. The SMILES string of the molecule is CCCCCCCCCCCC(=O)OC1CCCCC1. The first-order valence-corrected chi connectivity index (χ1v) is 9.02. The lowest BCUT2D eigenvalue weighted by Crippen LogP contribution is -2.20. The molecule has 20 heavy (non-hydrogen) atoms. The lowest BCUT2D eigenvalue weighted by molar-refractivity contribution is -0.150. The maximum absolute atomic E-state index is 11.7. The zero-order valence-electron chi connectivity index (χ0n) is 13.5. The zero-order valence-corrected chi connectivity index (χ0v) is 13.5. The third-order valence-corrected chi connectivity index (χ3v) is 4.33. The van der Waals surface area contributed by atoms with E-state index < -0.39 is 0 Å². The fourth-order valence-electron chi connectivity index (χ4n) is 3.01. The molecule has 0 aliphatic heterocycles. The summed E-state index contributed by atoms with van der Waals surface area (Å²) in [4.78, 5) is 11.7. The quantitative estimate of drug-likeness (QED) is 0.354. The van der Waals surface area contributed by atoms with E-state index in [9.17, 15) is 4.79 Å². The second-order valence-electron chi connectivity index (χ2n) is 6.33. The standard InChI is InChI=1S/C18H34O2/c1-2-3-4-5-6-7-8-9-13-16-18(19)20-17-14-11-10-12-15-17/h17H,2-16H2,1H3. The Kier molecular flexibility index (Phi) is 10.7. The predicted molar refractivity (Wildman–Crippen MR) is 84.8 cm³/mol. The van der Waals surface area contributed by atoms with E-state index in [4.69, 9.17) is 4.74 Å². The van der Waals surface area contributed by atoms with Gasteiger partial charge in [-0.2, -0.15) is 0 Å². The maximum atomic E-state index is 11.7. The lowest BCUT2D eigenvalue weighted by Gasteiger charge is -2.21. The van der Waals surface area contributed by atoms with Crippen LogP contribution in [0.2, 0.25) is 0 Å². The Hall–Kier alpha value is -0.530. The largest absolute Gasteiger partial charge is 0.462 e. The van der Waals surface area contributed by atoms with E-state index in [0.717, 1.165) is 19.3 Å². The lowest BCUT2D eigenvalue weighted by atomic mass is 9.98. The Morgan fingerprint density at radius 1 is 0.850 bits per heavy atom. The maximum Gasteiger partial charge on any atom is 0.306 e. The Morgan fingerprint density at radius 2 is 1.40 bits per heavy atom. The normalized spacial score (nSPS) is 16.2. The smallest absolute Gasteiger partial charge is 0.306 e. The van der Waals surface area contributed by atoms with Gasteiger partial charge in [0.05, 0.1) is 0 Å². The van der Waals surface area contributed by atoms with E-state index in [0.29, 0.717) is 6.42 Å². The molecule has 1 fully saturated rings. The number of esters is 1. The molecule has 0 unspecified atom stereocenters. The van der Waals surface area contributed by atoms with Crippen molar-refractivity contribution < 1.29 is 9.53 Å². The molecule has 0 aromatic heterocycles. The van der Waals surface area contributed by atoms with Gasteiger partial charge in [0, 0.05) is 6.42 Å². The first-order chi connectivity index (χ1) is 9.83. The molecule has 118 valence electrons. The average molecular weight is 282 g/mol. The Morgan fingerprint density at radius 3 is 2.00 bits per heavy atom. The fourth-order valence-corrected chi connectivity index (χ4v) is 3.01. The van der Waals surface area contributed by atoms with Gasteiger partial charge in [0.1, 0.15) is 6.10 Å². The fraction of sp³-hybridized carbons (Fsp3) is 0.944. The average Bonchev–Trinajstić information content (AvgIpc) is 2.46. The van der Waals surface area contributed by atoms with E-state index >= 15 is 0 Å². The molecule has 2 nitrogen and oxygen atoms in total. The van der Waals surface area contributed by atoms with Crippen molar-refractivity contribution in [3.8, 4) is 0 Å². The minimum Gasteiger partial charge on any atom is -0.462 e. The molecule has 0 aromatic carbocycles. The molecule has 0 N–H and O–H groups in total. The van der Waals surface area contributed by atoms with Gasteiger partial charge in [-0.15, -0.1) is 0 Å². The zero-order chi connectivity index (χ0) is 14.5. The number of hydrogen-bond donors (Lipinski definition) is 0. The van der Waals surface area contributed by atoms with Crippen LogP contribution in [0.3, 0.4) is 0 Å². The van der Waals surface area contributed by atoms with Crippen molar-refractivity contribution in [1.29, 1.82) is 0 Å². The second kappa shape index (κ2) is 12.2. The number of carbonyl (C=O) groups excluding carboxylic acids is 1. The van der Waals surface area contributed by atoms with Gasteiger partial charge >= 0.3 is 5.97 Å². The van der Waals surface area contributed by atoms with Crippen LogP contribution in [0, 0.1) is 0 Å². The monoisotopic (exact) mass is 282 g/mol. The van der Waals surface area contributed by atoms with Crippen LogP contribution in [0.1, 0.15) is 103 Å². The molecule has 0 atom stereocenters. The minimum absolute atomic E-state index is 0.0415. The van der Waals surface area contributed by atoms with Crippen molar-refractivity contribution in [1.82, 2.24) is 0 Å². The van der Waals surface area contributed by atoms with E-state index in [2.05, 4.69) is 6.92 Å². The van der Waals surface area contributed by atoms with Gasteiger partial charge in [-0.25, -0.2) is 0 Å². The molecule has 1 saturated carbocycles. The summed E-state index contributed by atoms with van der Waals surface area (Å²) in [5, 5.41) is 0. The Bertz CT molecular complexity index is 232. The van der Waals surface area contributed by atoms with Crippen LogP contribution in [0.25, 0.3) is 0 Å². The highest BCUT2D eigenvalue weighted by atomic mass is 16.5. The van der Waals surface area contributed by atoms with Crippen molar-refractivity contribution in [3.63, 3.8) is 0 Å². The predicted octanol–water partition coefficient (Wildman–Crippen LogP) is 5.78. The van der Waals surface area contributed by atoms with Crippen molar-refractivity contribution in [2.45, 2.75) is 109 Å². The highest BCUT2D eigenvalue weighted by Gasteiger charge is 2.17. The van der Waals surface area contributed by atoms with Crippen LogP contribution in [0.15, 0.2) is 0 Å². The van der Waals surface area contributed by atoms with Gasteiger partial charge in [0.15, 0.2) is 0 Å². The van der Waals surface area contributed by atoms with Gasteiger partial charge in [0.2, 0.25) is 0 Å². The number of carbonyl (C=O) groups is 1. The number of unbranched alkanes of at least 4 members (excludes halogenated alkanes) is 8. The molecular weight excluding hydrogens is 248 g/mol. The third kappa shape index (κ3) is 9.39. The van der Waals surface area contributed by atoms with Gasteiger partial charge < -0.3 is 4.74 Å². The van der Waals surface area contributed by atoms with Gasteiger partial charge in [-0.3, -0.25) is 4.79 Å². The molecule has 0 heterocycles. The van der Waals surface area contributed by atoms with E-state index in [1.165, 1.54) is 70.6 Å². The Labute approximate surface area is 125 Å². The molecule has 1 aliphatic carbocycles. The molecule has 0 radical (unpaired) electrons. The summed E-state index contributed by atoms with van der Waals surface area (Å²) in [6, 6.07) is 0. The summed E-state index contributed by atoms with van der Waals surface area (Å²) >= 11 is 0. The third-order valence-electron chi connectivity index (χ3n) is 4.33. The van der Waals surface area contributed by atoms with E-state index in [-0.39, 0.29) is 12.1 Å². The number of ether oxygens (including phenoxy) is 1. The summed E-state index contributed by atoms with van der Waals surface area (Å²) in [5.41, 5.74) is 0. The molecule has 0 aromatic rings. The Balaban J connectivity index is 1.84. The van der Waals surface area contributed by atoms with Crippen LogP contribution >= 0.6 is 0 Å². The van der Waals surface area contributed by atoms with Crippen molar-refractivity contribution in [2.24, 2.45) is 0 Å². The molecule has 1 aliphatic rings. The molecule has 1 rings (SSSR count). The number of rotatable bonds is 11. The van der Waals surface area contributed by atoms with Crippen LogP contribution in [-0.4, -0.2) is 12.1 Å². The van der Waals surface area contributed by atoms with Crippen LogP contribution < -0.4 is 0 Å². The van der Waals surface area contributed by atoms with Gasteiger partial charge in [-0.1, -0.05) is 64.7 Å². The highest BCUT2D eigenvalue weighted by molar-refractivity contribution is 5.69. The molecule has 0 saturated heterocycles. The van der Waals surface area contributed by atoms with Crippen molar-refractivity contribution in [2.75, 3.05) is 0 Å². The summed E-state index contributed by atoms with van der Waals surface area (Å²) in [6.45, 7) is 2.26. The topological polar surface area (TPSA) is 26.3 Å². The van der Waals surface area contributed by atoms with Gasteiger partial charge in [-0.05, 0) is 32.1 Å². The van der Waals surface area contributed by atoms with Crippen LogP contribution in [0.4, 0.5) is 0 Å². The van der Waals surface area contributed by atoms with Crippen molar-refractivity contribution in [3.05, 3.63) is 0 Å². The van der Waals surface area contributed by atoms with Gasteiger partial charge in [0.25, 0.3) is 0 Å². The second-order valence-corrected chi connectivity index (χ2v) is 6.33. The van der Waals surface area contributed by atoms with Crippen LogP contribution in [-0.2, 0) is 9.53 Å². The summed E-state index contributed by atoms with van der Waals surface area (Å²) < 4.78 is 5.52. The summed E-state index contributed by atoms with van der Waals surface area (Å²) in [5.74, 6) is 0.0415. The molecule has 0 amide bonds. The molecular formula is C18H34O2. The minimum atomic E-state index is 0.0415. The first-order valence-electron chi connectivity index (χ1n) is 9.02. The van der Waals surface area contributed by atoms with Crippen LogP contribution in [0.5, 0.6) is 0 Å². The number of hydrogen-bond acceptors (Lipinski definition) is 2. The summed E-state index contributed by atoms with van der Waals surface area (Å²) in [6.07, 6.45) is 18.5. The van der Waals surface area contributed by atoms with Crippen molar-refractivity contribution >= 4 is 5.97 Å². The first kappa shape index (κ1) is 17.5.